The van der Waals surface area contributed by atoms with E-state index in [9.17, 15) is 5.11 Å². The summed E-state index contributed by atoms with van der Waals surface area (Å²) in [6, 6.07) is 0. The molecule has 4 aliphatic carbocycles. The van der Waals surface area contributed by atoms with Crippen molar-refractivity contribution in [3.05, 3.63) is 0 Å². The quantitative estimate of drug-likeness (QED) is 0.771. The van der Waals surface area contributed by atoms with Crippen LogP contribution in [-0.4, -0.2) is 17.3 Å². The van der Waals surface area contributed by atoms with E-state index in [0.29, 0.717) is 5.41 Å². The van der Waals surface area contributed by atoms with Gasteiger partial charge in [-0.3, -0.25) is 0 Å². The van der Waals surface area contributed by atoms with Crippen molar-refractivity contribution in [2.75, 3.05) is 6.61 Å². The molecule has 92 valence electrons. The summed E-state index contributed by atoms with van der Waals surface area (Å²) < 4.78 is 0. The third-order valence-corrected chi connectivity index (χ3v) is 5.88. The van der Waals surface area contributed by atoms with Crippen LogP contribution in [0.25, 0.3) is 0 Å². The van der Waals surface area contributed by atoms with Gasteiger partial charge in [0.2, 0.25) is 0 Å². The summed E-state index contributed by atoms with van der Waals surface area (Å²) in [6.45, 7) is 2.44. The fourth-order valence-electron chi connectivity index (χ4n) is 5.31. The van der Waals surface area contributed by atoms with E-state index in [1.165, 1.54) is 38.5 Å². The van der Waals surface area contributed by atoms with Gasteiger partial charge in [0.25, 0.3) is 0 Å². The molecule has 1 atom stereocenters. The van der Waals surface area contributed by atoms with Crippen LogP contribution in [0.5, 0.6) is 0 Å². The monoisotopic (exact) mass is 223 g/mol. The van der Waals surface area contributed by atoms with E-state index in [-0.39, 0.29) is 12.1 Å². The van der Waals surface area contributed by atoms with Gasteiger partial charge in [0.15, 0.2) is 0 Å². The Labute approximate surface area is 98.6 Å². The van der Waals surface area contributed by atoms with Crippen LogP contribution in [0.15, 0.2) is 0 Å². The number of aliphatic hydroxyl groups excluding tert-OH is 1. The molecule has 0 amide bonds. The first-order valence-corrected chi connectivity index (χ1v) is 6.94. The van der Waals surface area contributed by atoms with Gasteiger partial charge in [-0.1, -0.05) is 0 Å². The van der Waals surface area contributed by atoms with Gasteiger partial charge in [-0.05, 0) is 75.0 Å². The molecule has 0 saturated heterocycles. The van der Waals surface area contributed by atoms with Gasteiger partial charge in [-0.25, -0.2) is 0 Å². The standard InChI is InChI=1S/C14H25NO/c1-13(15,2-3-16)14-7-10-4-11(8-14)6-12(5-10)9-14/h10-12,16H,2-9,15H2,1H3. The number of hydrogen-bond acceptors (Lipinski definition) is 2. The molecule has 4 bridgehead atoms. The fraction of sp³-hybridized carbons (Fsp3) is 1.00. The Bertz CT molecular complexity index is 249. The molecule has 0 radical (unpaired) electrons. The average Bonchev–Trinajstić information content (AvgIpc) is 2.14. The van der Waals surface area contributed by atoms with Crippen LogP contribution in [0, 0.1) is 23.2 Å². The Morgan fingerprint density at radius 3 is 1.94 bits per heavy atom. The Morgan fingerprint density at radius 2 is 1.56 bits per heavy atom. The lowest BCUT2D eigenvalue weighted by molar-refractivity contribution is -0.0974. The molecule has 0 spiro atoms. The smallest absolute Gasteiger partial charge is 0.0448 e. The van der Waals surface area contributed by atoms with Crippen LogP contribution in [0.3, 0.4) is 0 Å². The number of aliphatic hydroxyl groups is 1. The van der Waals surface area contributed by atoms with Crippen molar-refractivity contribution in [2.45, 2.75) is 57.4 Å². The first-order chi connectivity index (χ1) is 7.55. The third-order valence-electron chi connectivity index (χ3n) is 5.88. The van der Waals surface area contributed by atoms with Crippen molar-refractivity contribution in [2.24, 2.45) is 28.9 Å². The third kappa shape index (κ3) is 1.46. The molecule has 4 saturated carbocycles. The van der Waals surface area contributed by atoms with Gasteiger partial charge in [0.05, 0.1) is 0 Å². The molecule has 0 heterocycles. The van der Waals surface area contributed by atoms with Gasteiger partial charge in [0.1, 0.15) is 0 Å². The Kier molecular flexibility index (Phi) is 2.38. The van der Waals surface area contributed by atoms with E-state index < -0.39 is 0 Å². The van der Waals surface area contributed by atoms with Gasteiger partial charge in [0, 0.05) is 12.1 Å². The van der Waals surface area contributed by atoms with Crippen molar-refractivity contribution in [1.29, 1.82) is 0 Å². The highest BCUT2D eigenvalue weighted by molar-refractivity contribution is 5.10. The van der Waals surface area contributed by atoms with E-state index in [2.05, 4.69) is 6.92 Å². The minimum absolute atomic E-state index is 0.141. The van der Waals surface area contributed by atoms with E-state index in [0.717, 1.165) is 24.2 Å². The average molecular weight is 223 g/mol. The molecule has 16 heavy (non-hydrogen) atoms. The lowest BCUT2D eigenvalue weighted by atomic mass is 9.44. The highest BCUT2D eigenvalue weighted by Crippen LogP contribution is 2.63. The van der Waals surface area contributed by atoms with Crippen molar-refractivity contribution in [3.8, 4) is 0 Å². The second-order valence-electron chi connectivity index (χ2n) is 7.09. The zero-order chi connectivity index (χ0) is 11.4. The topological polar surface area (TPSA) is 46.2 Å². The Balaban J connectivity index is 1.88. The van der Waals surface area contributed by atoms with Crippen LogP contribution < -0.4 is 5.73 Å². The summed E-state index contributed by atoms with van der Waals surface area (Å²) in [5.41, 5.74) is 6.79. The van der Waals surface area contributed by atoms with Crippen LogP contribution in [0.4, 0.5) is 0 Å². The molecule has 3 N–H and O–H groups in total. The van der Waals surface area contributed by atoms with Crippen molar-refractivity contribution < 1.29 is 5.11 Å². The molecule has 1 unspecified atom stereocenters. The number of hydrogen-bond donors (Lipinski definition) is 2. The predicted molar refractivity (Wildman–Crippen MR) is 64.9 cm³/mol. The van der Waals surface area contributed by atoms with Crippen molar-refractivity contribution in [3.63, 3.8) is 0 Å². The highest BCUT2D eigenvalue weighted by Gasteiger charge is 2.56. The summed E-state index contributed by atoms with van der Waals surface area (Å²) >= 11 is 0. The Hall–Kier alpha value is -0.0800. The van der Waals surface area contributed by atoms with E-state index in [4.69, 9.17) is 5.73 Å². The second kappa shape index (κ2) is 3.46. The molecule has 2 nitrogen and oxygen atoms in total. The summed E-state index contributed by atoms with van der Waals surface area (Å²) in [5, 5.41) is 9.22. The van der Waals surface area contributed by atoms with E-state index in [1.54, 1.807) is 0 Å². The molecule has 2 heteroatoms. The SMILES string of the molecule is CC(N)(CCO)C12CC3CC(CC(C3)C1)C2. The van der Waals surface area contributed by atoms with E-state index in [1.807, 2.05) is 0 Å². The number of nitrogens with two attached hydrogens (primary N) is 1. The first-order valence-electron chi connectivity index (χ1n) is 6.94. The second-order valence-corrected chi connectivity index (χ2v) is 7.09. The Morgan fingerprint density at radius 1 is 1.12 bits per heavy atom. The molecular weight excluding hydrogens is 198 g/mol. The van der Waals surface area contributed by atoms with Gasteiger partial charge in [-0.2, -0.15) is 0 Å². The zero-order valence-electron chi connectivity index (χ0n) is 10.4. The lowest BCUT2D eigenvalue weighted by Crippen LogP contribution is -2.61. The normalized spacial score (nSPS) is 49.3. The van der Waals surface area contributed by atoms with Crippen LogP contribution in [0.1, 0.15) is 51.9 Å². The molecule has 0 aliphatic heterocycles. The van der Waals surface area contributed by atoms with Gasteiger partial charge in [-0.15, -0.1) is 0 Å². The predicted octanol–water partition coefficient (Wildman–Crippen LogP) is 2.30. The van der Waals surface area contributed by atoms with Crippen LogP contribution in [0.2, 0.25) is 0 Å². The van der Waals surface area contributed by atoms with E-state index >= 15 is 0 Å². The van der Waals surface area contributed by atoms with Crippen molar-refractivity contribution >= 4 is 0 Å². The molecular formula is C14H25NO. The van der Waals surface area contributed by atoms with Gasteiger partial charge < -0.3 is 10.8 Å². The van der Waals surface area contributed by atoms with Crippen LogP contribution in [-0.2, 0) is 0 Å². The minimum atomic E-state index is -0.141. The summed E-state index contributed by atoms with van der Waals surface area (Å²) in [7, 11) is 0. The maximum atomic E-state index is 9.22. The molecule has 4 rings (SSSR count). The fourth-order valence-corrected chi connectivity index (χ4v) is 5.31. The first kappa shape index (κ1) is 11.0. The molecule has 0 aromatic heterocycles. The maximum Gasteiger partial charge on any atom is 0.0448 e. The molecule has 4 aliphatic rings. The van der Waals surface area contributed by atoms with Gasteiger partial charge >= 0.3 is 0 Å². The zero-order valence-corrected chi connectivity index (χ0v) is 10.4. The van der Waals surface area contributed by atoms with Crippen molar-refractivity contribution in [1.82, 2.24) is 0 Å². The summed E-state index contributed by atoms with van der Waals surface area (Å²) in [5.74, 6) is 2.86. The number of rotatable bonds is 3. The summed E-state index contributed by atoms with van der Waals surface area (Å²) in [6.07, 6.45) is 9.19. The molecule has 0 aromatic rings. The minimum Gasteiger partial charge on any atom is -0.396 e. The maximum absolute atomic E-state index is 9.22. The summed E-state index contributed by atoms with van der Waals surface area (Å²) in [4.78, 5) is 0. The lowest BCUT2D eigenvalue weighted by Gasteiger charge is -2.62. The molecule has 4 fully saturated rings. The molecule has 0 aromatic carbocycles. The highest BCUT2D eigenvalue weighted by atomic mass is 16.3. The largest absolute Gasteiger partial charge is 0.396 e. The van der Waals surface area contributed by atoms with Crippen LogP contribution >= 0.6 is 0 Å².